The molecule has 0 aromatic heterocycles. The first-order valence-corrected chi connectivity index (χ1v) is 6.24. The second-order valence-corrected chi connectivity index (χ2v) is 5.37. The van der Waals surface area contributed by atoms with E-state index in [0.29, 0.717) is 5.56 Å². The Bertz CT molecular complexity index is 447. The molecule has 0 saturated heterocycles. The lowest BCUT2D eigenvalue weighted by atomic mass is 9.87. The van der Waals surface area contributed by atoms with Crippen molar-refractivity contribution in [3.05, 3.63) is 35.4 Å². The second kappa shape index (κ2) is 6.33. The summed E-state index contributed by atoms with van der Waals surface area (Å²) in [5.41, 5.74) is 11.6. The topological polar surface area (TPSA) is 84.2 Å². The number of carbonyl (C=O) groups excluding carboxylic acids is 2. The first kappa shape index (κ1) is 15.2. The second-order valence-electron chi connectivity index (χ2n) is 5.37. The number of hydrazine groups is 1. The minimum atomic E-state index is -0.342. The van der Waals surface area contributed by atoms with Crippen LogP contribution >= 0.6 is 0 Å². The molecule has 1 aromatic rings. The minimum absolute atomic E-state index is 0.0460. The Labute approximate surface area is 113 Å². The van der Waals surface area contributed by atoms with E-state index in [1.54, 1.807) is 12.1 Å². The van der Waals surface area contributed by atoms with Crippen LogP contribution in [0.4, 0.5) is 0 Å². The summed E-state index contributed by atoms with van der Waals surface area (Å²) in [6.07, 6.45) is 0.184. The third kappa shape index (κ3) is 4.71. The normalized spacial score (nSPS) is 10.9. The lowest BCUT2D eigenvalue weighted by Gasteiger charge is -2.19. The van der Waals surface area contributed by atoms with Crippen LogP contribution in [0.5, 0.6) is 0 Å². The number of amides is 2. The van der Waals surface area contributed by atoms with Crippen LogP contribution < -0.4 is 16.6 Å². The maximum atomic E-state index is 11.8. The molecule has 0 fully saturated rings. The SMILES string of the molecule is CC(C)(C)c1ccc(C(=O)NNC(=O)CCN)cc1. The zero-order valence-electron chi connectivity index (χ0n) is 11.6. The van der Waals surface area contributed by atoms with E-state index < -0.39 is 0 Å². The van der Waals surface area contributed by atoms with Crippen molar-refractivity contribution in [1.82, 2.24) is 10.9 Å². The molecule has 5 heteroatoms. The van der Waals surface area contributed by atoms with E-state index in [0.717, 1.165) is 5.56 Å². The first-order chi connectivity index (χ1) is 8.84. The number of carbonyl (C=O) groups is 2. The molecule has 19 heavy (non-hydrogen) atoms. The molecular weight excluding hydrogens is 242 g/mol. The highest BCUT2D eigenvalue weighted by Gasteiger charge is 2.14. The summed E-state index contributed by atoms with van der Waals surface area (Å²) in [6, 6.07) is 7.31. The van der Waals surface area contributed by atoms with E-state index in [9.17, 15) is 9.59 Å². The molecule has 2 amide bonds. The first-order valence-electron chi connectivity index (χ1n) is 6.24. The predicted octanol–water partition coefficient (Wildman–Crippen LogP) is 1.09. The molecule has 5 nitrogen and oxygen atoms in total. The molecule has 0 saturated carbocycles. The third-order valence-corrected chi connectivity index (χ3v) is 2.70. The molecule has 1 aromatic carbocycles. The van der Waals surface area contributed by atoms with Crippen LogP contribution in [0.3, 0.4) is 0 Å². The summed E-state index contributed by atoms with van der Waals surface area (Å²) in [5.74, 6) is -0.645. The Balaban J connectivity index is 2.61. The summed E-state index contributed by atoms with van der Waals surface area (Å²) in [6.45, 7) is 6.57. The van der Waals surface area contributed by atoms with Gasteiger partial charge in [-0.05, 0) is 23.1 Å². The molecule has 0 spiro atoms. The Morgan fingerprint density at radius 2 is 1.68 bits per heavy atom. The van der Waals surface area contributed by atoms with E-state index in [-0.39, 0.29) is 30.2 Å². The van der Waals surface area contributed by atoms with Crippen LogP contribution in [-0.4, -0.2) is 18.4 Å². The van der Waals surface area contributed by atoms with Gasteiger partial charge < -0.3 is 5.73 Å². The number of nitrogens with one attached hydrogen (secondary N) is 2. The van der Waals surface area contributed by atoms with E-state index in [4.69, 9.17) is 5.73 Å². The molecule has 0 aliphatic heterocycles. The van der Waals surface area contributed by atoms with Crippen molar-refractivity contribution in [3.8, 4) is 0 Å². The van der Waals surface area contributed by atoms with Crippen LogP contribution in [0.1, 0.15) is 43.1 Å². The molecule has 0 heterocycles. The van der Waals surface area contributed by atoms with Gasteiger partial charge in [0.05, 0.1) is 0 Å². The van der Waals surface area contributed by atoms with E-state index in [1.807, 2.05) is 12.1 Å². The Hall–Kier alpha value is -1.88. The molecule has 0 aliphatic carbocycles. The number of hydrogen-bond donors (Lipinski definition) is 3. The van der Waals surface area contributed by atoms with Gasteiger partial charge in [-0.1, -0.05) is 32.9 Å². The lowest BCUT2D eigenvalue weighted by molar-refractivity contribution is -0.121. The summed E-state index contributed by atoms with van der Waals surface area (Å²) in [7, 11) is 0. The zero-order valence-corrected chi connectivity index (χ0v) is 11.6. The summed E-state index contributed by atoms with van der Waals surface area (Å²) >= 11 is 0. The number of rotatable bonds is 3. The van der Waals surface area contributed by atoms with Crippen molar-refractivity contribution >= 4 is 11.8 Å². The summed E-state index contributed by atoms with van der Waals surface area (Å²) in [4.78, 5) is 22.9. The van der Waals surface area contributed by atoms with Gasteiger partial charge in [0, 0.05) is 18.5 Å². The average Bonchev–Trinajstić information content (AvgIpc) is 2.35. The fraction of sp³-hybridized carbons (Fsp3) is 0.429. The maximum Gasteiger partial charge on any atom is 0.269 e. The summed E-state index contributed by atoms with van der Waals surface area (Å²) in [5, 5.41) is 0. The highest BCUT2D eigenvalue weighted by Crippen LogP contribution is 2.21. The van der Waals surface area contributed by atoms with Gasteiger partial charge >= 0.3 is 0 Å². The van der Waals surface area contributed by atoms with E-state index in [1.165, 1.54) is 0 Å². The van der Waals surface area contributed by atoms with Crippen LogP contribution in [0, 0.1) is 0 Å². The Morgan fingerprint density at radius 3 is 2.16 bits per heavy atom. The smallest absolute Gasteiger partial charge is 0.269 e. The van der Waals surface area contributed by atoms with Crippen LogP contribution in [0.25, 0.3) is 0 Å². The van der Waals surface area contributed by atoms with Gasteiger partial charge in [0.1, 0.15) is 0 Å². The van der Waals surface area contributed by atoms with Crippen molar-refractivity contribution in [2.24, 2.45) is 5.73 Å². The molecule has 0 radical (unpaired) electrons. The molecule has 0 unspecified atom stereocenters. The van der Waals surface area contributed by atoms with Gasteiger partial charge in [-0.2, -0.15) is 0 Å². The summed E-state index contributed by atoms with van der Waals surface area (Å²) < 4.78 is 0. The largest absolute Gasteiger partial charge is 0.330 e. The quantitative estimate of drug-likeness (QED) is 0.714. The molecule has 0 aliphatic rings. The number of benzene rings is 1. The highest BCUT2D eigenvalue weighted by molar-refractivity contribution is 5.95. The molecular formula is C14H21N3O2. The molecule has 4 N–H and O–H groups in total. The van der Waals surface area contributed by atoms with Gasteiger partial charge in [-0.3, -0.25) is 20.4 Å². The van der Waals surface area contributed by atoms with Crippen LogP contribution in [-0.2, 0) is 10.2 Å². The molecule has 104 valence electrons. The highest BCUT2D eigenvalue weighted by atomic mass is 16.2. The fourth-order valence-corrected chi connectivity index (χ4v) is 1.51. The lowest BCUT2D eigenvalue weighted by Crippen LogP contribution is -2.42. The van der Waals surface area contributed by atoms with Gasteiger partial charge in [-0.15, -0.1) is 0 Å². The van der Waals surface area contributed by atoms with E-state index in [2.05, 4.69) is 31.6 Å². The Kier molecular flexibility index (Phi) is 5.06. The monoisotopic (exact) mass is 263 g/mol. The van der Waals surface area contributed by atoms with Crippen molar-refractivity contribution < 1.29 is 9.59 Å². The van der Waals surface area contributed by atoms with E-state index >= 15 is 0 Å². The predicted molar refractivity (Wildman–Crippen MR) is 74.4 cm³/mol. The van der Waals surface area contributed by atoms with Gasteiger partial charge in [-0.25, -0.2) is 0 Å². The zero-order chi connectivity index (χ0) is 14.5. The maximum absolute atomic E-state index is 11.8. The van der Waals surface area contributed by atoms with Crippen molar-refractivity contribution in [2.75, 3.05) is 6.54 Å². The standard InChI is InChI=1S/C14H21N3O2/c1-14(2,3)11-6-4-10(5-7-11)13(19)17-16-12(18)8-9-15/h4-7H,8-9,15H2,1-3H3,(H,16,18)(H,17,19). The van der Waals surface area contributed by atoms with Crippen molar-refractivity contribution in [1.29, 1.82) is 0 Å². The fourth-order valence-electron chi connectivity index (χ4n) is 1.51. The number of nitrogens with two attached hydrogens (primary N) is 1. The molecule has 0 atom stereocenters. The molecule has 0 bridgehead atoms. The van der Waals surface area contributed by atoms with Crippen molar-refractivity contribution in [3.63, 3.8) is 0 Å². The average molecular weight is 263 g/mol. The minimum Gasteiger partial charge on any atom is -0.330 e. The van der Waals surface area contributed by atoms with Gasteiger partial charge in [0.15, 0.2) is 0 Å². The van der Waals surface area contributed by atoms with Crippen LogP contribution in [0.2, 0.25) is 0 Å². The molecule has 1 rings (SSSR count). The van der Waals surface area contributed by atoms with Gasteiger partial charge in [0.25, 0.3) is 5.91 Å². The number of hydrogen-bond acceptors (Lipinski definition) is 3. The van der Waals surface area contributed by atoms with Crippen LogP contribution in [0.15, 0.2) is 24.3 Å². The Morgan fingerprint density at radius 1 is 1.11 bits per heavy atom. The third-order valence-electron chi connectivity index (χ3n) is 2.70. The van der Waals surface area contributed by atoms with Crippen molar-refractivity contribution in [2.45, 2.75) is 32.6 Å². The van der Waals surface area contributed by atoms with Gasteiger partial charge in [0.2, 0.25) is 5.91 Å².